The molecule has 0 amide bonds. The summed E-state index contributed by atoms with van der Waals surface area (Å²) in [5.74, 6) is 0.823. The molecule has 0 bridgehead atoms. The van der Waals surface area contributed by atoms with Crippen LogP contribution in [0, 0.1) is 6.92 Å². The molecule has 2 rings (SSSR count). The Morgan fingerprint density at radius 1 is 1.25 bits per heavy atom. The second-order valence-corrected chi connectivity index (χ2v) is 6.55. The van der Waals surface area contributed by atoms with Gasteiger partial charge in [-0.05, 0) is 25.5 Å². The van der Waals surface area contributed by atoms with Crippen molar-refractivity contribution in [2.75, 3.05) is 7.05 Å². The van der Waals surface area contributed by atoms with Gasteiger partial charge in [-0.25, -0.2) is 4.98 Å². The first kappa shape index (κ1) is 15.0. The van der Waals surface area contributed by atoms with E-state index in [1.807, 2.05) is 23.8 Å². The molecule has 2 aromatic rings. The summed E-state index contributed by atoms with van der Waals surface area (Å²) in [5, 5.41) is 6.66. The van der Waals surface area contributed by atoms with E-state index in [4.69, 9.17) is 0 Å². The minimum Gasteiger partial charge on any atom is -0.352 e. The molecule has 2 aromatic heterocycles. The van der Waals surface area contributed by atoms with Gasteiger partial charge < -0.3 is 10.6 Å². The molecule has 2 heterocycles. The number of rotatable bonds is 5. The number of hydrogen-bond donors (Lipinski definition) is 2. The van der Waals surface area contributed by atoms with Gasteiger partial charge in [0.2, 0.25) is 0 Å². The van der Waals surface area contributed by atoms with Crippen LogP contribution in [0.4, 0.5) is 0 Å². The first-order chi connectivity index (χ1) is 9.72. The van der Waals surface area contributed by atoms with Gasteiger partial charge >= 0.3 is 0 Å². The minimum absolute atomic E-state index is 0.765. The van der Waals surface area contributed by atoms with Gasteiger partial charge in [0.1, 0.15) is 0 Å². The van der Waals surface area contributed by atoms with Crippen LogP contribution in [0.25, 0.3) is 0 Å². The smallest absolute Gasteiger partial charge is 0.191 e. The van der Waals surface area contributed by atoms with E-state index in [0.717, 1.165) is 31.2 Å². The molecule has 0 saturated carbocycles. The van der Waals surface area contributed by atoms with Crippen LogP contribution in [-0.2, 0) is 19.5 Å². The summed E-state index contributed by atoms with van der Waals surface area (Å²) in [6, 6.07) is 4.37. The molecule has 0 unspecified atom stereocenters. The lowest BCUT2D eigenvalue weighted by Gasteiger charge is -2.10. The Labute approximate surface area is 128 Å². The lowest BCUT2D eigenvalue weighted by atomic mass is 10.3. The quantitative estimate of drug-likeness (QED) is 0.659. The molecular formula is C14H20N4S2. The Balaban J connectivity index is 1.82. The average Bonchev–Trinajstić information content (AvgIpc) is 3.08. The summed E-state index contributed by atoms with van der Waals surface area (Å²) >= 11 is 3.52. The number of nitrogens with one attached hydrogen (secondary N) is 2. The monoisotopic (exact) mass is 308 g/mol. The van der Waals surface area contributed by atoms with Crippen LogP contribution in [-0.4, -0.2) is 18.0 Å². The maximum Gasteiger partial charge on any atom is 0.191 e. The fourth-order valence-electron chi connectivity index (χ4n) is 1.76. The Bertz CT molecular complexity index is 571. The minimum atomic E-state index is 0.765. The van der Waals surface area contributed by atoms with E-state index in [1.54, 1.807) is 18.4 Å². The summed E-state index contributed by atoms with van der Waals surface area (Å²) in [4.78, 5) is 12.5. The number of guanidine groups is 1. The molecule has 0 radical (unpaired) electrons. The summed E-state index contributed by atoms with van der Waals surface area (Å²) in [6.07, 6.45) is 1.10. The molecule has 4 nitrogen and oxygen atoms in total. The zero-order valence-electron chi connectivity index (χ0n) is 12.1. The van der Waals surface area contributed by atoms with Crippen molar-refractivity contribution in [2.24, 2.45) is 4.99 Å². The van der Waals surface area contributed by atoms with Crippen LogP contribution >= 0.6 is 22.7 Å². The summed E-state index contributed by atoms with van der Waals surface area (Å²) < 4.78 is 0. The van der Waals surface area contributed by atoms with Gasteiger partial charge in [-0.2, -0.15) is 0 Å². The highest BCUT2D eigenvalue weighted by Gasteiger charge is 2.04. The van der Waals surface area contributed by atoms with Crippen molar-refractivity contribution >= 4 is 28.6 Å². The lowest BCUT2D eigenvalue weighted by Crippen LogP contribution is -2.36. The number of aromatic nitrogens is 1. The van der Waals surface area contributed by atoms with Crippen LogP contribution in [0.15, 0.2) is 22.6 Å². The molecule has 0 spiro atoms. The van der Waals surface area contributed by atoms with Crippen LogP contribution in [0.3, 0.4) is 0 Å². The Morgan fingerprint density at radius 3 is 2.60 bits per heavy atom. The Kier molecular flexibility index (Phi) is 5.55. The van der Waals surface area contributed by atoms with E-state index >= 15 is 0 Å². The van der Waals surface area contributed by atoms with Gasteiger partial charge in [0.25, 0.3) is 0 Å². The van der Waals surface area contributed by atoms with Gasteiger partial charge in [0.05, 0.1) is 24.3 Å². The van der Waals surface area contributed by atoms with Gasteiger partial charge in [-0.15, -0.1) is 22.7 Å². The van der Waals surface area contributed by atoms with Crippen LogP contribution in [0.1, 0.15) is 27.2 Å². The molecule has 0 fully saturated rings. The largest absolute Gasteiger partial charge is 0.352 e. The highest BCUT2D eigenvalue weighted by molar-refractivity contribution is 7.12. The first-order valence-corrected chi connectivity index (χ1v) is 8.33. The topological polar surface area (TPSA) is 49.3 Å². The SMILES string of the molecule is CCc1ccc(CNC(=NC)NCc2scnc2C)s1. The molecule has 0 aliphatic rings. The normalized spacial score (nSPS) is 11.7. The van der Waals surface area contributed by atoms with E-state index in [-0.39, 0.29) is 0 Å². The zero-order chi connectivity index (χ0) is 14.4. The average molecular weight is 308 g/mol. The van der Waals surface area contributed by atoms with E-state index < -0.39 is 0 Å². The van der Waals surface area contributed by atoms with Crippen molar-refractivity contribution in [3.8, 4) is 0 Å². The van der Waals surface area contributed by atoms with Crippen molar-refractivity contribution < 1.29 is 0 Å². The van der Waals surface area contributed by atoms with Gasteiger partial charge in [0, 0.05) is 21.7 Å². The maximum absolute atomic E-state index is 4.25. The highest BCUT2D eigenvalue weighted by atomic mass is 32.1. The number of nitrogens with zero attached hydrogens (tertiary/aromatic N) is 2. The standard InChI is InChI=1S/C14H20N4S2/c1-4-11-5-6-12(20-11)7-16-14(15-3)17-8-13-10(2)18-9-19-13/h5-6,9H,4,7-8H2,1-3H3,(H2,15,16,17). The van der Waals surface area contributed by atoms with Crippen LogP contribution in [0.5, 0.6) is 0 Å². The van der Waals surface area contributed by atoms with Crippen molar-refractivity contribution in [3.05, 3.63) is 38.0 Å². The molecule has 0 aliphatic heterocycles. The summed E-state index contributed by atoms with van der Waals surface area (Å²) in [5.41, 5.74) is 2.96. The predicted molar refractivity (Wildman–Crippen MR) is 87.6 cm³/mol. The predicted octanol–water partition coefficient (Wildman–Crippen LogP) is 2.94. The van der Waals surface area contributed by atoms with Crippen molar-refractivity contribution in [3.63, 3.8) is 0 Å². The fourth-order valence-corrected chi connectivity index (χ4v) is 3.37. The summed E-state index contributed by atoms with van der Waals surface area (Å²) in [7, 11) is 1.79. The molecule has 0 saturated heterocycles. The molecule has 0 aliphatic carbocycles. The third kappa shape index (κ3) is 4.05. The lowest BCUT2D eigenvalue weighted by molar-refractivity contribution is 0.818. The molecule has 2 N–H and O–H groups in total. The third-order valence-electron chi connectivity index (χ3n) is 2.98. The third-order valence-corrected chi connectivity index (χ3v) is 5.15. The van der Waals surface area contributed by atoms with Crippen LogP contribution < -0.4 is 10.6 Å². The molecule has 108 valence electrons. The van der Waals surface area contributed by atoms with E-state index in [1.165, 1.54) is 14.6 Å². The fraction of sp³-hybridized carbons (Fsp3) is 0.429. The zero-order valence-corrected chi connectivity index (χ0v) is 13.7. The van der Waals surface area contributed by atoms with Crippen molar-refractivity contribution in [1.29, 1.82) is 0 Å². The molecule has 6 heteroatoms. The van der Waals surface area contributed by atoms with E-state index in [2.05, 4.69) is 39.7 Å². The van der Waals surface area contributed by atoms with Gasteiger partial charge in [-0.1, -0.05) is 6.92 Å². The number of thiazole rings is 1. The van der Waals surface area contributed by atoms with Gasteiger partial charge in [0.15, 0.2) is 5.96 Å². The van der Waals surface area contributed by atoms with E-state index in [0.29, 0.717) is 0 Å². The number of aryl methyl sites for hydroxylation is 2. The first-order valence-electron chi connectivity index (χ1n) is 6.64. The number of hydrogen-bond acceptors (Lipinski definition) is 4. The molecule has 0 atom stereocenters. The highest BCUT2D eigenvalue weighted by Crippen LogP contribution is 2.16. The Hall–Kier alpha value is -1.40. The van der Waals surface area contributed by atoms with Crippen molar-refractivity contribution in [2.45, 2.75) is 33.4 Å². The molecule has 20 heavy (non-hydrogen) atoms. The van der Waals surface area contributed by atoms with Gasteiger partial charge in [-0.3, -0.25) is 4.99 Å². The van der Waals surface area contributed by atoms with Crippen LogP contribution in [0.2, 0.25) is 0 Å². The van der Waals surface area contributed by atoms with E-state index in [9.17, 15) is 0 Å². The molecule has 0 aromatic carbocycles. The molecular weight excluding hydrogens is 288 g/mol. The number of thiophene rings is 1. The maximum atomic E-state index is 4.25. The van der Waals surface area contributed by atoms with Crippen molar-refractivity contribution in [1.82, 2.24) is 15.6 Å². The number of aliphatic imine (C=N–C) groups is 1. The second kappa shape index (κ2) is 7.40. The summed E-state index contributed by atoms with van der Waals surface area (Å²) in [6.45, 7) is 5.79. The second-order valence-electron chi connectivity index (χ2n) is 4.36. The Morgan fingerprint density at radius 2 is 2.00 bits per heavy atom.